The van der Waals surface area contributed by atoms with Crippen molar-refractivity contribution in [1.29, 1.82) is 0 Å². The summed E-state index contributed by atoms with van der Waals surface area (Å²) in [5.74, 6) is 0. The fraction of sp³-hybridized carbons (Fsp3) is 0.462. The molecule has 0 aliphatic rings. The van der Waals surface area contributed by atoms with Crippen LogP contribution in [0.4, 0.5) is 0 Å². The van der Waals surface area contributed by atoms with E-state index in [1.807, 2.05) is 12.1 Å². The van der Waals surface area contributed by atoms with Crippen LogP contribution in [0.25, 0.3) is 0 Å². The zero-order chi connectivity index (χ0) is 13.4. The van der Waals surface area contributed by atoms with Crippen LogP contribution in [-0.4, -0.2) is 24.8 Å². The van der Waals surface area contributed by atoms with Crippen molar-refractivity contribution < 1.29 is 9.47 Å². The minimum Gasteiger partial charge on any atom is -0.389 e. The Morgan fingerprint density at radius 1 is 1.28 bits per heavy atom. The fourth-order valence-corrected chi connectivity index (χ4v) is 1.73. The average Bonchev–Trinajstić information content (AvgIpc) is 2.35. The van der Waals surface area contributed by atoms with Crippen LogP contribution >= 0.6 is 23.8 Å². The van der Waals surface area contributed by atoms with Crippen molar-refractivity contribution in [3.8, 4) is 0 Å². The zero-order valence-electron chi connectivity index (χ0n) is 10.4. The van der Waals surface area contributed by atoms with Crippen molar-refractivity contribution in [3.05, 3.63) is 34.3 Å². The largest absolute Gasteiger partial charge is 0.389 e. The lowest BCUT2D eigenvalue weighted by molar-refractivity contribution is 0.0408. The van der Waals surface area contributed by atoms with Gasteiger partial charge in [-0.3, -0.25) is 0 Å². The van der Waals surface area contributed by atoms with E-state index in [0.717, 1.165) is 24.2 Å². The van der Waals surface area contributed by atoms with Crippen molar-refractivity contribution in [2.24, 2.45) is 5.73 Å². The van der Waals surface area contributed by atoms with E-state index in [1.165, 1.54) is 0 Å². The Morgan fingerprint density at radius 2 is 2.00 bits per heavy atom. The third-order valence-corrected chi connectivity index (χ3v) is 2.90. The third-order valence-electron chi connectivity index (χ3n) is 2.32. The number of nitrogens with two attached hydrogens (primary N) is 1. The number of ether oxygens (including phenoxy) is 2. The molecule has 0 radical (unpaired) electrons. The number of benzene rings is 1. The summed E-state index contributed by atoms with van der Waals surface area (Å²) in [7, 11) is 0. The normalized spacial score (nSPS) is 10.6. The maximum absolute atomic E-state index is 6.11. The molecule has 100 valence electrons. The Kier molecular flexibility index (Phi) is 7.20. The lowest BCUT2D eigenvalue weighted by atomic mass is 10.1. The molecule has 0 unspecified atom stereocenters. The zero-order valence-corrected chi connectivity index (χ0v) is 12.0. The molecule has 0 spiro atoms. The van der Waals surface area contributed by atoms with Crippen molar-refractivity contribution in [3.63, 3.8) is 0 Å². The first-order valence-electron chi connectivity index (χ1n) is 5.89. The molecular weight excluding hydrogens is 270 g/mol. The van der Waals surface area contributed by atoms with Crippen LogP contribution < -0.4 is 5.73 Å². The first-order chi connectivity index (χ1) is 8.65. The molecule has 0 aromatic heterocycles. The second kappa shape index (κ2) is 8.43. The Morgan fingerprint density at radius 3 is 2.61 bits per heavy atom. The summed E-state index contributed by atoms with van der Waals surface area (Å²) in [5.41, 5.74) is 7.22. The van der Waals surface area contributed by atoms with E-state index in [0.29, 0.717) is 29.8 Å². The second-order valence-corrected chi connectivity index (χ2v) is 4.68. The topological polar surface area (TPSA) is 44.5 Å². The minimum absolute atomic E-state index is 0.345. The highest BCUT2D eigenvalue weighted by Gasteiger charge is 2.03. The Balaban J connectivity index is 2.36. The summed E-state index contributed by atoms with van der Waals surface area (Å²) >= 11 is 11.0. The van der Waals surface area contributed by atoms with Crippen molar-refractivity contribution in [2.75, 3.05) is 19.8 Å². The van der Waals surface area contributed by atoms with E-state index in [-0.39, 0.29) is 0 Å². The number of halogens is 1. The lowest BCUT2D eigenvalue weighted by Crippen LogP contribution is -2.09. The van der Waals surface area contributed by atoms with Gasteiger partial charge in [-0.05, 0) is 18.1 Å². The Bertz CT molecular complexity index is 399. The summed E-state index contributed by atoms with van der Waals surface area (Å²) in [6.45, 7) is 4.48. The molecule has 0 aliphatic heterocycles. The second-order valence-electron chi connectivity index (χ2n) is 3.84. The summed E-state index contributed by atoms with van der Waals surface area (Å²) in [6.07, 6.45) is 1.02. The van der Waals surface area contributed by atoms with Gasteiger partial charge in [-0.2, -0.15) is 0 Å². The maximum atomic E-state index is 6.11. The predicted molar refractivity (Wildman–Crippen MR) is 78.1 cm³/mol. The molecule has 0 saturated carbocycles. The lowest BCUT2D eigenvalue weighted by Gasteiger charge is -2.08. The SMILES string of the molecule is CCCOCCOCc1ccc(C(N)=S)cc1Cl. The number of thiocarbonyl (C=S) groups is 1. The highest BCUT2D eigenvalue weighted by Crippen LogP contribution is 2.18. The van der Waals surface area contributed by atoms with Crippen LogP contribution in [0.15, 0.2) is 18.2 Å². The molecule has 0 bridgehead atoms. The summed E-state index contributed by atoms with van der Waals surface area (Å²) in [5, 5.41) is 0.620. The first kappa shape index (κ1) is 15.4. The fourth-order valence-electron chi connectivity index (χ4n) is 1.36. The van der Waals surface area contributed by atoms with Gasteiger partial charge in [-0.25, -0.2) is 0 Å². The van der Waals surface area contributed by atoms with Crippen LogP contribution in [-0.2, 0) is 16.1 Å². The van der Waals surface area contributed by atoms with Gasteiger partial charge >= 0.3 is 0 Å². The average molecular weight is 288 g/mol. The van der Waals surface area contributed by atoms with Crippen LogP contribution in [0.3, 0.4) is 0 Å². The van der Waals surface area contributed by atoms with E-state index in [4.69, 9.17) is 39.0 Å². The van der Waals surface area contributed by atoms with Gasteiger partial charge in [0.15, 0.2) is 0 Å². The molecule has 2 N–H and O–H groups in total. The van der Waals surface area contributed by atoms with Gasteiger partial charge in [-0.1, -0.05) is 42.9 Å². The Hall–Kier alpha value is -0.680. The van der Waals surface area contributed by atoms with Crippen LogP contribution in [0.5, 0.6) is 0 Å². The molecule has 1 rings (SSSR count). The third kappa shape index (κ3) is 5.31. The Labute approximate surface area is 118 Å². The van der Waals surface area contributed by atoms with Crippen molar-refractivity contribution in [1.82, 2.24) is 0 Å². The molecule has 1 aromatic carbocycles. The van der Waals surface area contributed by atoms with Crippen LogP contribution in [0.1, 0.15) is 24.5 Å². The van der Waals surface area contributed by atoms with E-state index in [2.05, 4.69) is 6.92 Å². The van der Waals surface area contributed by atoms with Gasteiger partial charge in [0.25, 0.3) is 0 Å². The van der Waals surface area contributed by atoms with E-state index in [9.17, 15) is 0 Å². The molecule has 0 saturated heterocycles. The van der Waals surface area contributed by atoms with Gasteiger partial charge in [0, 0.05) is 17.2 Å². The van der Waals surface area contributed by atoms with E-state index in [1.54, 1.807) is 6.07 Å². The van der Waals surface area contributed by atoms with Crippen LogP contribution in [0.2, 0.25) is 5.02 Å². The monoisotopic (exact) mass is 287 g/mol. The quantitative estimate of drug-likeness (QED) is 0.590. The molecule has 0 amide bonds. The minimum atomic E-state index is 0.345. The van der Waals surface area contributed by atoms with Crippen molar-refractivity contribution >= 4 is 28.8 Å². The molecule has 3 nitrogen and oxygen atoms in total. The van der Waals surface area contributed by atoms with E-state index < -0.39 is 0 Å². The van der Waals surface area contributed by atoms with Crippen LogP contribution in [0, 0.1) is 0 Å². The van der Waals surface area contributed by atoms with Gasteiger partial charge in [0.1, 0.15) is 4.99 Å². The number of rotatable bonds is 8. The highest BCUT2D eigenvalue weighted by molar-refractivity contribution is 7.80. The van der Waals surface area contributed by atoms with Gasteiger partial charge in [0.05, 0.1) is 19.8 Å². The molecule has 18 heavy (non-hydrogen) atoms. The molecule has 5 heteroatoms. The van der Waals surface area contributed by atoms with Gasteiger partial charge in [0.2, 0.25) is 0 Å². The summed E-state index contributed by atoms with van der Waals surface area (Å²) in [6, 6.07) is 5.49. The standard InChI is InChI=1S/C13H18ClNO2S/c1-2-5-16-6-7-17-9-11-4-3-10(13(15)18)8-12(11)14/h3-4,8H,2,5-7,9H2,1H3,(H2,15,18). The summed E-state index contributed by atoms with van der Waals surface area (Å²) < 4.78 is 10.8. The summed E-state index contributed by atoms with van der Waals surface area (Å²) in [4.78, 5) is 0.345. The smallest absolute Gasteiger partial charge is 0.104 e. The molecule has 0 aliphatic carbocycles. The highest BCUT2D eigenvalue weighted by atomic mass is 35.5. The maximum Gasteiger partial charge on any atom is 0.104 e. The van der Waals surface area contributed by atoms with Gasteiger partial charge < -0.3 is 15.2 Å². The molecule has 0 fully saturated rings. The van der Waals surface area contributed by atoms with Crippen molar-refractivity contribution in [2.45, 2.75) is 20.0 Å². The molecule has 0 atom stereocenters. The predicted octanol–water partition coefficient (Wildman–Crippen LogP) is 2.92. The van der Waals surface area contributed by atoms with E-state index >= 15 is 0 Å². The molecule has 1 aromatic rings. The molecular formula is C13H18ClNO2S. The van der Waals surface area contributed by atoms with Gasteiger partial charge in [-0.15, -0.1) is 0 Å². The number of hydrogen-bond donors (Lipinski definition) is 1. The number of hydrogen-bond acceptors (Lipinski definition) is 3. The first-order valence-corrected chi connectivity index (χ1v) is 6.67. The molecule has 0 heterocycles.